The summed E-state index contributed by atoms with van der Waals surface area (Å²) in [6, 6.07) is 1.67. The molecular weight excluding hydrogens is 191 g/mol. The van der Waals surface area contributed by atoms with Gasteiger partial charge in [-0.3, -0.25) is 4.57 Å². The van der Waals surface area contributed by atoms with Crippen LogP contribution in [-0.2, 0) is 13.6 Å². The summed E-state index contributed by atoms with van der Waals surface area (Å²) >= 11 is 0. The number of furan rings is 1. The number of hydrogen-bond donors (Lipinski definition) is 0. The molecule has 1 rings (SSSR count). The Kier molecular flexibility index (Phi) is 2.96. The Labute approximate surface area is 77.4 Å². The normalized spacial score (nSPS) is 12.0. The third kappa shape index (κ3) is 1.85. The van der Waals surface area contributed by atoms with Crippen molar-refractivity contribution in [1.82, 2.24) is 0 Å². The molecule has 1 heterocycles. The third-order valence-corrected chi connectivity index (χ3v) is 3.79. The van der Waals surface area contributed by atoms with Crippen molar-refractivity contribution in [2.45, 2.75) is 13.8 Å². The summed E-state index contributed by atoms with van der Waals surface area (Å²) in [5, 5.41) is 0.495. The molecule has 0 saturated carbocycles. The number of hydrogen-bond acceptors (Lipinski definition) is 4. The Morgan fingerprint density at radius 1 is 1.31 bits per heavy atom. The van der Waals surface area contributed by atoms with Crippen LogP contribution in [-0.4, -0.2) is 14.2 Å². The minimum atomic E-state index is -3.14. The summed E-state index contributed by atoms with van der Waals surface area (Å²) < 4.78 is 26.8. The molecule has 0 aromatic carbocycles. The Balaban J connectivity index is 3.19. The van der Waals surface area contributed by atoms with Crippen molar-refractivity contribution in [3.63, 3.8) is 0 Å². The van der Waals surface area contributed by atoms with Crippen molar-refractivity contribution in [2.75, 3.05) is 14.2 Å². The van der Waals surface area contributed by atoms with Gasteiger partial charge in [-0.05, 0) is 19.9 Å². The van der Waals surface area contributed by atoms with Gasteiger partial charge in [0.25, 0.3) is 0 Å². The largest absolute Gasteiger partial charge is 0.466 e. The summed E-state index contributed by atoms with van der Waals surface area (Å²) in [5.74, 6) is 1.27. The quantitative estimate of drug-likeness (QED) is 0.706. The van der Waals surface area contributed by atoms with Crippen molar-refractivity contribution >= 4 is 12.9 Å². The zero-order valence-corrected chi connectivity index (χ0v) is 9.05. The van der Waals surface area contributed by atoms with E-state index in [1.807, 2.05) is 0 Å². The van der Waals surface area contributed by atoms with E-state index in [-0.39, 0.29) is 0 Å². The molecule has 13 heavy (non-hydrogen) atoms. The van der Waals surface area contributed by atoms with Crippen LogP contribution in [0.1, 0.15) is 11.5 Å². The van der Waals surface area contributed by atoms with Crippen molar-refractivity contribution in [3.05, 3.63) is 17.6 Å². The van der Waals surface area contributed by atoms with Crippen LogP contribution in [0.4, 0.5) is 0 Å². The van der Waals surface area contributed by atoms with E-state index in [1.54, 1.807) is 19.9 Å². The van der Waals surface area contributed by atoms with Gasteiger partial charge in [-0.1, -0.05) is 0 Å². The van der Waals surface area contributed by atoms with Crippen molar-refractivity contribution in [2.24, 2.45) is 0 Å². The van der Waals surface area contributed by atoms with E-state index >= 15 is 0 Å². The van der Waals surface area contributed by atoms with Gasteiger partial charge >= 0.3 is 7.60 Å². The van der Waals surface area contributed by atoms with Crippen LogP contribution in [0.5, 0.6) is 0 Å². The van der Waals surface area contributed by atoms with Crippen LogP contribution in [0, 0.1) is 13.8 Å². The minimum Gasteiger partial charge on any atom is -0.466 e. The molecule has 74 valence electrons. The standard InChI is InChI=1S/C8H13O4P/c1-6-5-8(7(2)12-6)13(9,10-3)11-4/h5H,1-4H3. The first-order chi connectivity index (χ1) is 6.03. The molecule has 0 radical (unpaired) electrons. The minimum absolute atomic E-state index is 0.495. The highest BCUT2D eigenvalue weighted by molar-refractivity contribution is 7.62. The van der Waals surface area contributed by atoms with Gasteiger partial charge in [-0.2, -0.15) is 0 Å². The topological polar surface area (TPSA) is 48.7 Å². The lowest BCUT2D eigenvalue weighted by molar-refractivity contribution is 0.287. The fourth-order valence-electron chi connectivity index (χ4n) is 1.16. The van der Waals surface area contributed by atoms with E-state index in [0.29, 0.717) is 16.8 Å². The van der Waals surface area contributed by atoms with Gasteiger partial charge in [-0.15, -0.1) is 0 Å². The molecule has 0 bridgehead atoms. The molecule has 0 N–H and O–H groups in total. The van der Waals surface area contributed by atoms with Crippen molar-refractivity contribution in [3.8, 4) is 0 Å². The Morgan fingerprint density at radius 3 is 2.15 bits per heavy atom. The smallest absolute Gasteiger partial charge is 0.364 e. The van der Waals surface area contributed by atoms with Gasteiger partial charge in [0, 0.05) is 14.2 Å². The van der Waals surface area contributed by atoms with Gasteiger partial charge in [0.05, 0.1) is 0 Å². The van der Waals surface area contributed by atoms with Crippen LogP contribution in [0.3, 0.4) is 0 Å². The van der Waals surface area contributed by atoms with E-state index in [0.717, 1.165) is 0 Å². The van der Waals surface area contributed by atoms with Gasteiger partial charge in [-0.25, -0.2) is 0 Å². The highest BCUT2D eigenvalue weighted by atomic mass is 31.2. The Bertz CT molecular complexity index is 334. The first kappa shape index (κ1) is 10.5. The lowest BCUT2D eigenvalue weighted by Crippen LogP contribution is -2.07. The predicted molar refractivity (Wildman–Crippen MR) is 49.4 cm³/mol. The molecule has 5 heteroatoms. The molecule has 0 spiro atoms. The zero-order valence-electron chi connectivity index (χ0n) is 8.16. The second-order valence-electron chi connectivity index (χ2n) is 2.66. The summed E-state index contributed by atoms with van der Waals surface area (Å²) in [6.07, 6.45) is 0. The molecule has 0 unspecified atom stereocenters. The molecule has 1 aromatic heterocycles. The molecule has 4 nitrogen and oxygen atoms in total. The van der Waals surface area contributed by atoms with E-state index in [9.17, 15) is 4.57 Å². The van der Waals surface area contributed by atoms with E-state index in [2.05, 4.69) is 0 Å². The molecule has 0 aliphatic rings. The van der Waals surface area contributed by atoms with Crippen LogP contribution in [0.25, 0.3) is 0 Å². The monoisotopic (exact) mass is 204 g/mol. The van der Waals surface area contributed by atoms with Gasteiger partial charge in [0.15, 0.2) is 0 Å². The van der Waals surface area contributed by atoms with Gasteiger partial charge < -0.3 is 13.5 Å². The van der Waals surface area contributed by atoms with Crippen LogP contribution < -0.4 is 5.30 Å². The van der Waals surface area contributed by atoms with E-state index < -0.39 is 7.60 Å². The summed E-state index contributed by atoms with van der Waals surface area (Å²) in [4.78, 5) is 0. The maximum Gasteiger partial charge on any atom is 0.364 e. The fraction of sp³-hybridized carbons (Fsp3) is 0.500. The summed E-state index contributed by atoms with van der Waals surface area (Å²) in [7, 11) is -0.438. The second-order valence-corrected chi connectivity index (χ2v) is 4.87. The Morgan fingerprint density at radius 2 is 1.85 bits per heavy atom. The highest BCUT2D eigenvalue weighted by Crippen LogP contribution is 2.46. The van der Waals surface area contributed by atoms with E-state index in [1.165, 1.54) is 14.2 Å². The molecular formula is C8H13O4P. The predicted octanol–water partition coefficient (Wildman–Crippen LogP) is 2.01. The second kappa shape index (κ2) is 3.66. The molecule has 1 aromatic rings. The van der Waals surface area contributed by atoms with E-state index in [4.69, 9.17) is 13.5 Å². The lowest BCUT2D eigenvalue weighted by Gasteiger charge is -2.11. The molecule has 0 fully saturated rings. The first-order valence-electron chi connectivity index (χ1n) is 3.82. The first-order valence-corrected chi connectivity index (χ1v) is 5.37. The summed E-state index contributed by atoms with van der Waals surface area (Å²) in [6.45, 7) is 3.51. The molecule has 0 atom stereocenters. The van der Waals surface area contributed by atoms with Crippen LogP contribution in [0.2, 0.25) is 0 Å². The lowest BCUT2D eigenvalue weighted by atomic mass is 10.4. The molecule has 0 aliphatic carbocycles. The number of aryl methyl sites for hydroxylation is 2. The van der Waals surface area contributed by atoms with Crippen LogP contribution in [0.15, 0.2) is 10.5 Å². The third-order valence-electron chi connectivity index (χ3n) is 1.79. The maximum atomic E-state index is 11.9. The highest BCUT2D eigenvalue weighted by Gasteiger charge is 2.29. The molecule has 0 amide bonds. The average Bonchev–Trinajstić information content (AvgIpc) is 2.44. The molecule has 0 saturated heterocycles. The van der Waals surface area contributed by atoms with Gasteiger partial charge in [0.2, 0.25) is 0 Å². The maximum absolute atomic E-state index is 11.9. The number of rotatable bonds is 3. The van der Waals surface area contributed by atoms with Crippen molar-refractivity contribution < 1.29 is 18.0 Å². The van der Waals surface area contributed by atoms with Crippen molar-refractivity contribution in [1.29, 1.82) is 0 Å². The summed E-state index contributed by atoms with van der Waals surface area (Å²) in [5.41, 5.74) is 0. The average molecular weight is 204 g/mol. The van der Waals surface area contributed by atoms with Crippen LogP contribution >= 0.6 is 7.60 Å². The SMILES string of the molecule is COP(=O)(OC)c1cc(C)oc1C. The van der Waals surface area contributed by atoms with Gasteiger partial charge in [0.1, 0.15) is 16.8 Å². The fourth-order valence-corrected chi connectivity index (χ4v) is 2.47. The zero-order chi connectivity index (χ0) is 10.1. The Hall–Kier alpha value is -0.570. The molecule has 0 aliphatic heterocycles.